The number of carbonyl (C=O) groups excluding carboxylic acids is 1. The van der Waals surface area contributed by atoms with Crippen LogP contribution in [0.25, 0.3) is 0 Å². The molecule has 0 fully saturated rings. The Kier molecular flexibility index (Phi) is 3.62. The quantitative estimate of drug-likeness (QED) is 0.923. The Labute approximate surface area is 110 Å². The molecule has 0 aromatic carbocycles. The van der Waals surface area contributed by atoms with E-state index >= 15 is 0 Å². The molecule has 94 valence electrons. The van der Waals surface area contributed by atoms with Gasteiger partial charge in [-0.25, -0.2) is 4.98 Å². The van der Waals surface area contributed by atoms with Crippen molar-refractivity contribution in [2.45, 2.75) is 13.0 Å². The number of aromatic nitrogens is 1. The Morgan fingerprint density at radius 3 is 2.78 bits per heavy atom. The summed E-state index contributed by atoms with van der Waals surface area (Å²) < 4.78 is 0. The first-order chi connectivity index (χ1) is 8.59. The number of hydrogen-bond donors (Lipinski definition) is 1. The normalized spacial score (nSPS) is 12.1. The van der Waals surface area contributed by atoms with Gasteiger partial charge >= 0.3 is 0 Å². The summed E-state index contributed by atoms with van der Waals surface area (Å²) in [6, 6.07) is 7.38. The van der Waals surface area contributed by atoms with Crippen molar-refractivity contribution in [2.24, 2.45) is 0 Å². The summed E-state index contributed by atoms with van der Waals surface area (Å²) in [7, 11) is 1.78. The first-order valence-electron chi connectivity index (χ1n) is 5.61. The monoisotopic (exact) mass is 261 g/mol. The highest BCUT2D eigenvalue weighted by Crippen LogP contribution is 2.24. The van der Waals surface area contributed by atoms with E-state index in [1.54, 1.807) is 35.4 Å². The lowest BCUT2D eigenvalue weighted by Crippen LogP contribution is -2.29. The van der Waals surface area contributed by atoms with Gasteiger partial charge in [0.15, 0.2) is 0 Å². The predicted molar refractivity (Wildman–Crippen MR) is 73.5 cm³/mol. The van der Waals surface area contributed by atoms with Crippen molar-refractivity contribution in [3.8, 4) is 0 Å². The highest BCUT2D eigenvalue weighted by atomic mass is 32.1. The Hall–Kier alpha value is -1.88. The predicted octanol–water partition coefficient (Wildman–Crippen LogP) is 2.56. The van der Waals surface area contributed by atoms with Crippen LogP contribution in [-0.4, -0.2) is 22.8 Å². The molecule has 2 aromatic rings. The average molecular weight is 261 g/mol. The molecule has 1 amide bonds. The molecular weight excluding hydrogens is 246 g/mol. The number of carbonyl (C=O) groups is 1. The van der Waals surface area contributed by atoms with Crippen molar-refractivity contribution in [1.82, 2.24) is 9.88 Å². The van der Waals surface area contributed by atoms with Gasteiger partial charge in [0, 0.05) is 11.9 Å². The summed E-state index contributed by atoms with van der Waals surface area (Å²) in [5.41, 5.74) is 6.52. The second-order valence-electron chi connectivity index (χ2n) is 4.08. The van der Waals surface area contributed by atoms with Crippen molar-refractivity contribution in [1.29, 1.82) is 0 Å². The molecule has 0 saturated heterocycles. The van der Waals surface area contributed by atoms with Crippen LogP contribution in [0.3, 0.4) is 0 Å². The number of nitrogens with zero attached hydrogens (tertiary/aromatic N) is 2. The van der Waals surface area contributed by atoms with Crippen LogP contribution >= 0.6 is 11.3 Å². The molecule has 5 heteroatoms. The SMILES string of the molecule is CC(c1cccs1)N(C)C(=O)c1ccc(N)cn1. The molecule has 2 rings (SSSR count). The molecule has 0 aliphatic carbocycles. The van der Waals surface area contributed by atoms with E-state index in [1.165, 1.54) is 6.20 Å². The summed E-state index contributed by atoms with van der Waals surface area (Å²) in [5.74, 6) is -0.101. The van der Waals surface area contributed by atoms with Gasteiger partial charge in [0.2, 0.25) is 0 Å². The summed E-state index contributed by atoms with van der Waals surface area (Å²) in [6.45, 7) is 2.00. The first kappa shape index (κ1) is 12.6. The molecule has 18 heavy (non-hydrogen) atoms. The van der Waals surface area contributed by atoms with E-state index in [9.17, 15) is 4.79 Å². The minimum Gasteiger partial charge on any atom is -0.397 e. The van der Waals surface area contributed by atoms with Crippen LogP contribution in [0.1, 0.15) is 28.3 Å². The minimum atomic E-state index is -0.101. The highest BCUT2D eigenvalue weighted by molar-refractivity contribution is 7.10. The van der Waals surface area contributed by atoms with Crippen molar-refractivity contribution in [3.63, 3.8) is 0 Å². The molecule has 0 aliphatic heterocycles. The molecule has 0 aliphatic rings. The molecule has 0 radical (unpaired) electrons. The topological polar surface area (TPSA) is 59.2 Å². The molecule has 0 spiro atoms. The lowest BCUT2D eigenvalue weighted by molar-refractivity contribution is 0.0739. The fraction of sp³-hybridized carbons (Fsp3) is 0.231. The van der Waals surface area contributed by atoms with Gasteiger partial charge in [-0.05, 0) is 30.5 Å². The third kappa shape index (κ3) is 2.51. The van der Waals surface area contributed by atoms with Gasteiger partial charge in [0.05, 0.1) is 17.9 Å². The van der Waals surface area contributed by atoms with Crippen LogP contribution in [0.5, 0.6) is 0 Å². The number of thiophene rings is 1. The van der Waals surface area contributed by atoms with Gasteiger partial charge in [-0.3, -0.25) is 4.79 Å². The third-order valence-electron chi connectivity index (χ3n) is 2.86. The Balaban J connectivity index is 2.16. The molecule has 1 unspecified atom stereocenters. The maximum atomic E-state index is 12.2. The minimum absolute atomic E-state index is 0.0388. The van der Waals surface area contributed by atoms with Crippen molar-refractivity contribution < 1.29 is 4.79 Å². The van der Waals surface area contributed by atoms with Crippen LogP contribution in [0.2, 0.25) is 0 Å². The van der Waals surface area contributed by atoms with Crippen LogP contribution in [0, 0.1) is 0 Å². The van der Waals surface area contributed by atoms with Gasteiger partial charge in [-0.15, -0.1) is 11.3 Å². The third-order valence-corrected chi connectivity index (χ3v) is 3.90. The van der Waals surface area contributed by atoms with E-state index < -0.39 is 0 Å². The lowest BCUT2D eigenvalue weighted by atomic mass is 10.2. The number of nitrogens with two attached hydrogens (primary N) is 1. The van der Waals surface area contributed by atoms with Crippen LogP contribution in [0.4, 0.5) is 5.69 Å². The van der Waals surface area contributed by atoms with E-state index in [-0.39, 0.29) is 11.9 Å². The van der Waals surface area contributed by atoms with Crippen LogP contribution in [0.15, 0.2) is 35.8 Å². The molecular formula is C13H15N3OS. The van der Waals surface area contributed by atoms with E-state index in [1.807, 2.05) is 24.4 Å². The van der Waals surface area contributed by atoms with Gasteiger partial charge < -0.3 is 10.6 Å². The van der Waals surface area contributed by atoms with Gasteiger partial charge in [0.1, 0.15) is 5.69 Å². The smallest absolute Gasteiger partial charge is 0.272 e. The number of anilines is 1. The van der Waals surface area contributed by atoms with E-state index in [4.69, 9.17) is 5.73 Å². The van der Waals surface area contributed by atoms with Gasteiger partial charge in [-0.2, -0.15) is 0 Å². The van der Waals surface area contributed by atoms with E-state index in [0.717, 1.165) is 4.88 Å². The number of rotatable bonds is 3. The Morgan fingerprint density at radius 1 is 1.44 bits per heavy atom. The summed E-state index contributed by atoms with van der Waals surface area (Å²) >= 11 is 1.64. The fourth-order valence-corrected chi connectivity index (χ4v) is 2.43. The highest BCUT2D eigenvalue weighted by Gasteiger charge is 2.20. The second-order valence-corrected chi connectivity index (χ2v) is 5.06. The summed E-state index contributed by atoms with van der Waals surface area (Å²) in [5, 5.41) is 2.01. The molecule has 1 atom stereocenters. The summed E-state index contributed by atoms with van der Waals surface area (Å²) in [4.78, 5) is 19.1. The van der Waals surface area contributed by atoms with Gasteiger partial charge in [0.25, 0.3) is 5.91 Å². The maximum absolute atomic E-state index is 12.2. The zero-order valence-corrected chi connectivity index (χ0v) is 11.1. The zero-order chi connectivity index (χ0) is 13.1. The molecule has 2 heterocycles. The molecule has 2 N–H and O–H groups in total. The van der Waals surface area contributed by atoms with Crippen molar-refractivity contribution >= 4 is 22.9 Å². The maximum Gasteiger partial charge on any atom is 0.272 e. The largest absolute Gasteiger partial charge is 0.397 e. The second kappa shape index (κ2) is 5.18. The van der Waals surface area contributed by atoms with Crippen molar-refractivity contribution in [3.05, 3.63) is 46.4 Å². The standard InChI is InChI=1S/C13H15N3OS/c1-9(12-4-3-7-18-12)16(2)13(17)11-6-5-10(14)8-15-11/h3-9H,14H2,1-2H3. The van der Waals surface area contributed by atoms with Crippen LogP contribution < -0.4 is 5.73 Å². The zero-order valence-electron chi connectivity index (χ0n) is 10.3. The summed E-state index contributed by atoms with van der Waals surface area (Å²) in [6.07, 6.45) is 1.50. The molecule has 4 nitrogen and oxygen atoms in total. The fourth-order valence-electron chi connectivity index (χ4n) is 1.61. The number of nitrogen functional groups attached to an aromatic ring is 1. The lowest BCUT2D eigenvalue weighted by Gasteiger charge is -2.23. The number of hydrogen-bond acceptors (Lipinski definition) is 4. The van der Waals surface area contributed by atoms with Crippen LogP contribution in [-0.2, 0) is 0 Å². The Morgan fingerprint density at radius 2 is 2.22 bits per heavy atom. The average Bonchev–Trinajstić information content (AvgIpc) is 2.91. The molecule has 2 aromatic heterocycles. The van der Waals surface area contributed by atoms with E-state index in [2.05, 4.69) is 4.98 Å². The molecule has 0 bridgehead atoms. The number of pyridine rings is 1. The first-order valence-corrected chi connectivity index (χ1v) is 6.49. The van der Waals surface area contributed by atoms with Gasteiger partial charge in [-0.1, -0.05) is 6.07 Å². The molecule has 0 saturated carbocycles. The Bertz CT molecular complexity index is 522. The van der Waals surface area contributed by atoms with E-state index in [0.29, 0.717) is 11.4 Å². The number of amides is 1. The van der Waals surface area contributed by atoms with Crippen molar-refractivity contribution in [2.75, 3.05) is 12.8 Å².